The molecule has 0 bridgehead atoms. The van der Waals surface area contributed by atoms with Gasteiger partial charge in [-0.3, -0.25) is 0 Å². The van der Waals surface area contributed by atoms with Crippen LogP contribution in [0.15, 0.2) is 0 Å². The second-order valence-electron chi connectivity index (χ2n) is 8.30. The van der Waals surface area contributed by atoms with Crippen molar-refractivity contribution in [2.45, 2.75) is 103 Å². The second-order valence-corrected chi connectivity index (χ2v) is 8.30. The van der Waals surface area contributed by atoms with Gasteiger partial charge in [-0.2, -0.15) is 0 Å². The Labute approximate surface area is 127 Å². The van der Waals surface area contributed by atoms with Gasteiger partial charge in [0.05, 0.1) is 0 Å². The van der Waals surface area contributed by atoms with Gasteiger partial charge in [0.1, 0.15) is 0 Å². The average molecular weight is 276 g/mol. The second kappa shape index (κ2) is 7.32. The lowest BCUT2D eigenvalue weighted by Crippen LogP contribution is -2.31. The Morgan fingerprint density at radius 1 is 0.700 bits per heavy atom. The summed E-state index contributed by atoms with van der Waals surface area (Å²) in [6.07, 6.45) is 27.0. The van der Waals surface area contributed by atoms with Crippen LogP contribution in [0.25, 0.3) is 0 Å². The maximum atomic E-state index is 2.65. The Balaban J connectivity index is 1.60. The van der Waals surface area contributed by atoms with Crippen molar-refractivity contribution < 1.29 is 0 Å². The van der Waals surface area contributed by atoms with Crippen LogP contribution in [0.4, 0.5) is 0 Å². The van der Waals surface area contributed by atoms with Gasteiger partial charge in [-0.15, -0.1) is 0 Å². The largest absolute Gasteiger partial charge is 0.0533 e. The van der Waals surface area contributed by atoms with Gasteiger partial charge in [0.15, 0.2) is 0 Å². The zero-order valence-electron chi connectivity index (χ0n) is 13.5. The van der Waals surface area contributed by atoms with Gasteiger partial charge in [-0.25, -0.2) is 0 Å². The lowest BCUT2D eigenvalue weighted by atomic mass is 9.62. The lowest BCUT2D eigenvalue weighted by molar-refractivity contribution is 0.0990. The predicted molar refractivity (Wildman–Crippen MR) is 87.6 cm³/mol. The summed E-state index contributed by atoms with van der Waals surface area (Å²) in [6, 6.07) is 0. The molecule has 0 aromatic rings. The van der Waals surface area contributed by atoms with E-state index in [1.54, 1.807) is 44.9 Å². The van der Waals surface area contributed by atoms with E-state index in [9.17, 15) is 0 Å². The van der Waals surface area contributed by atoms with Crippen LogP contribution < -0.4 is 0 Å². The van der Waals surface area contributed by atoms with E-state index in [2.05, 4.69) is 6.42 Å². The summed E-state index contributed by atoms with van der Waals surface area (Å²) < 4.78 is 0. The molecule has 3 aliphatic rings. The van der Waals surface area contributed by atoms with E-state index in [1.807, 2.05) is 0 Å². The van der Waals surface area contributed by atoms with Crippen molar-refractivity contribution in [2.24, 2.45) is 17.3 Å². The first kappa shape index (κ1) is 14.9. The predicted octanol–water partition coefficient (Wildman–Crippen LogP) is 6.69. The van der Waals surface area contributed by atoms with Gasteiger partial charge in [-0.1, -0.05) is 77.0 Å². The number of rotatable bonds is 4. The Bertz CT molecular complexity index is 240. The smallest absolute Gasteiger partial charge is 0.0289 e. The minimum Gasteiger partial charge on any atom is -0.0533 e. The maximum absolute atomic E-state index is 2.65. The normalized spacial score (nSPS) is 29.4. The summed E-state index contributed by atoms with van der Waals surface area (Å²) >= 11 is 0. The summed E-state index contributed by atoms with van der Waals surface area (Å²) in [5.41, 5.74) is 0.738. The van der Waals surface area contributed by atoms with Gasteiger partial charge >= 0.3 is 0 Å². The number of hydrogen-bond donors (Lipinski definition) is 0. The highest BCUT2D eigenvalue weighted by Gasteiger charge is 2.36. The molecule has 0 amide bonds. The molecule has 3 aliphatic carbocycles. The van der Waals surface area contributed by atoms with Crippen LogP contribution in [0.5, 0.6) is 0 Å². The van der Waals surface area contributed by atoms with Crippen molar-refractivity contribution in [1.82, 2.24) is 0 Å². The molecule has 0 nitrogen and oxygen atoms in total. The SMILES string of the molecule is [CH]1CCCC(CC2CCCCC2)(CC2CCCCC2)C1. The fourth-order valence-corrected chi connectivity index (χ4v) is 5.59. The van der Waals surface area contributed by atoms with E-state index >= 15 is 0 Å². The van der Waals surface area contributed by atoms with E-state index in [4.69, 9.17) is 0 Å². The van der Waals surface area contributed by atoms with Crippen LogP contribution in [0.2, 0.25) is 0 Å². The molecule has 0 spiro atoms. The molecule has 3 fully saturated rings. The van der Waals surface area contributed by atoms with Gasteiger partial charge in [-0.05, 0) is 49.4 Å². The topological polar surface area (TPSA) is 0 Å². The third kappa shape index (κ3) is 4.01. The van der Waals surface area contributed by atoms with E-state index in [1.165, 1.54) is 57.8 Å². The van der Waals surface area contributed by atoms with Crippen molar-refractivity contribution in [3.63, 3.8) is 0 Å². The Morgan fingerprint density at radius 3 is 1.70 bits per heavy atom. The summed E-state index contributed by atoms with van der Waals surface area (Å²) in [5, 5.41) is 0. The highest BCUT2D eigenvalue weighted by Crippen LogP contribution is 2.49. The van der Waals surface area contributed by atoms with Crippen LogP contribution in [-0.4, -0.2) is 0 Å². The molecule has 0 saturated heterocycles. The van der Waals surface area contributed by atoms with Crippen LogP contribution in [0.1, 0.15) is 103 Å². The molecule has 0 aromatic heterocycles. The van der Waals surface area contributed by atoms with Gasteiger partial charge in [0, 0.05) is 0 Å². The van der Waals surface area contributed by atoms with Gasteiger partial charge < -0.3 is 0 Å². The summed E-state index contributed by atoms with van der Waals surface area (Å²) in [6.45, 7) is 0. The quantitative estimate of drug-likeness (QED) is 0.536. The zero-order chi connectivity index (χ0) is 13.7. The molecule has 1 radical (unpaired) electrons. The highest BCUT2D eigenvalue weighted by atomic mass is 14.4. The third-order valence-electron chi connectivity index (χ3n) is 6.59. The lowest BCUT2D eigenvalue weighted by Gasteiger charge is -2.43. The first-order valence-corrected chi connectivity index (χ1v) is 9.68. The zero-order valence-corrected chi connectivity index (χ0v) is 13.5. The third-order valence-corrected chi connectivity index (χ3v) is 6.59. The fraction of sp³-hybridized carbons (Fsp3) is 0.950. The summed E-state index contributed by atoms with van der Waals surface area (Å²) in [5.74, 6) is 2.16. The molecule has 0 heteroatoms. The van der Waals surface area contributed by atoms with E-state index in [-0.39, 0.29) is 0 Å². The Kier molecular flexibility index (Phi) is 5.46. The fourth-order valence-electron chi connectivity index (χ4n) is 5.59. The van der Waals surface area contributed by atoms with Crippen LogP contribution in [0.3, 0.4) is 0 Å². The van der Waals surface area contributed by atoms with Crippen molar-refractivity contribution in [1.29, 1.82) is 0 Å². The molecule has 0 heterocycles. The van der Waals surface area contributed by atoms with Gasteiger partial charge in [0.25, 0.3) is 0 Å². The standard InChI is InChI=1S/C20H35/c1-4-10-18(11-5-1)16-20(14-8-3-9-15-20)17-19-12-6-2-7-13-19/h8,18-19H,1-7,9-17H2. The summed E-state index contributed by atoms with van der Waals surface area (Å²) in [4.78, 5) is 0. The van der Waals surface area contributed by atoms with Crippen LogP contribution >= 0.6 is 0 Å². The minimum absolute atomic E-state index is 0.738. The molecule has 3 rings (SSSR count). The molecule has 0 aliphatic heterocycles. The minimum atomic E-state index is 0.738. The molecular formula is C20H35. The molecule has 0 unspecified atom stereocenters. The van der Waals surface area contributed by atoms with Crippen molar-refractivity contribution >= 4 is 0 Å². The Hall–Kier alpha value is 0. The van der Waals surface area contributed by atoms with Crippen molar-refractivity contribution in [3.05, 3.63) is 6.42 Å². The average Bonchev–Trinajstić information content (AvgIpc) is 2.50. The van der Waals surface area contributed by atoms with Gasteiger partial charge in [0.2, 0.25) is 0 Å². The van der Waals surface area contributed by atoms with E-state index in [0.29, 0.717) is 0 Å². The van der Waals surface area contributed by atoms with E-state index < -0.39 is 0 Å². The molecule has 115 valence electrons. The van der Waals surface area contributed by atoms with Crippen LogP contribution in [-0.2, 0) is 0 Å². The van der Waals surface area contributed by atoms with Crippen molar-refractivity contribution in [3.8, 4) is 0 Å². The molecule has 0 N–H and O–H groups in total. The maximum Gasteiger partial charge on any atom is -0.0289 e. The molecule has 0 aromatic carbocycles. The monoisotopic (exact) mass is 275 g/mol. The first-order chi connectivity index (χ1) is 9.86. The van der Waals surface area contributed by atoms with E-state index in [0.717, 1.165) is 17.3 Å². The summed E-state index contributed by atoms with van der Waals surface area (Å²) in [7, 11) is 0. The molecule has 3 saturated carbocycles. The van der Waals surface area contributed by atoms with Crippen LogP contribution in [0, 0.1) is 23.7 Å². The molecule has 0 atom stereocenters. The molecule has 20 heavy (non-hydrogen) atoms. The van der Waals surface area contributed by atoms with Crippen molar-refractivity contribution in [2.75, 3.05) is 0 Å². The molecular weight excluding hydrogens is 240 g/mol. The Morgan fingerprint density at radius 2 is 1.25 bits per heavy atom. The first-order valence-electron chi connectivity index (χ1n) is 9.68. The highest BCUT2D eigenvalue weighted by molar-refractivity contribution is 4.93. The number of hydrogen-bond acceptors (Lipinski definition) is 0.